The largest absolute Gasteiger partial charge is 0.385 e. The van der Waals surface area contributed by atoms with E-state index in [1.54, 1.807) is 37.4 Å². The third kappa shape index (κ3) is 4.67. The van der Waals surface area contributed by atoms with Gasteiger partial charge in [0, 0.05) is 25.5 Å². The van der Waals surface area contributed by atoms with Crippen LogP contribution in [0.2, 0.25) is 0 Å². The maximum atomic E-state index is 14.2. The molecule has 0 saturated carbocycles. The van der Waals surface area contributed by atoms with Crippen LogP contribution in [0.25, 0.3) is 5.69 Å². The van der Waals surface area contributed by atoms with E-state index in [4.69, 9.17) is 0 Å². The molecule has 31 heavy (non-hydrogen) atoms. The summed E-state index contributed by atoms with van der Waals surface area (Å²) in [5.74, 6) is 0.640. The fraction of sp³-hybridized carbons (Fsp3) is 0.409. The first-order valence-corrected chi connectivity index (χ1v) is 10.4. The fourth-order valence-electron chi connectivity index (χ4n) is 4.08. The van der Waals surface area contributed by atoms with E-state index in [1.165, 1.54) is 10.7 Å². The summed E-state index contributed by atoms with van der Waals surface area (Å²) in [5, 5.41) is 17.8. The Bertz CT molecular complexity index is 1050. The number of aliphatic hydroxyl groups is 1. The third-order valence-electron chi connectivity index (χ3n) is 5.75. The van der Waals surface area contributed by atoms with Gasteiger partial charge in [-0.15, -0.1) is 0 Å². The summed E-state index contributed by atoms with van der Waals surface area (Å²) in [5.41, 5.74) is 0.970. The van der Waals surface area contributed by atoms with Gasteiger partial charge in [0.2, 0.25) is 5.91 Å². The number of nitrogens with zero attached hydrogens (tertiary/aromatic N) is 5. The quantitative estimate of drug-likeness (QED) is 0.632. The number of carbonyl (C=O) groups is 1. The van der Waals surface area contributed by atoms with Gasteiger partial charge in [-0.05, 0) is 50.9 Å². The van der Waals surface area contributed by atoms with Gasteiger partial charge < -0.3 is 15.0 Å². The smallest absolute Gasteiger partial charge is 0.239 e. The lowest BCUT2D eigenvalue weighted by molar-refractivity contribution is -0.117. The van der Waals surface area contributed by atoms with Crippen molar-refractivity contribution in [3.63, 3.8) is 0 Å². The lowest BCUT2D eigenvalue weighted by Gasteiger charge is -2.33. The van der Waals surface area contributed by atoms with E-state index in [2.05, 4.69) is 20.3 Å². The number of imidazole rings is 1. The topological polar surface area (TPSA) is 88.2 Å². The van der Waals surface area contributed by atoms with Gasteiger partial charge in [-0.1, -0.05) is 12.1 Å². The van der Waals surface area contributed by atoms with Crippen molar-refractivity contribution in [2.24, 2.45) is 13.0 Å². The van der Waals surface area contributed by atoms with Crippen LogP contribution in [-0.2, 0) is 11.8 Å². The van der Waals surface area contributed by atoms with E-state index < -0.39 is 11.9 Å². The van der Waals surface area contributed by atoms with Crippen LogP contribution in [-0.4, -0.2) is 54.9 Å². The second-order valence-electron chi connectivity index (χ2n) is 8.04. The van der Waals surface area contributed by atoms with Gasteiger partial charge in [0.1, 0.15) is 29.3 Å². The molecule has 1 amide bonds. The van der Waals surface area contributed by atoms with Crippen molar-refractivity contribution in [1.29, 1.82) is 0 Å². The number of halogens is 1. The Hall–Kier alpha value is -3.04. The summed E-state index contributed by atoms with van der Waals surface area (Å²) < 4.78 is 17.4. The monoisotopic (exact) mass is 426 g/mol. The minimum Gasteiger partial charge on any atom is -0.385 e. The zero-order chi connectivity index (χ0) is 22.0. The van der Waals surface area contributed by atoms with Crippen LogP contribution in [0.5, 0.6) is 0 Å². The third-order valence-corrected chi connectivity index (χ3v) is 5.75. The molecule has 0 radical (unpaired) electrons. The first-order valence-electron chi connectivity index (χ1n) is 10.4. The van der Waals surface area contributed by atoms with Gasteiger partial charge in [0.15, 0.2) is 0 Å². The lowest BCUT2D eigenvalue weighted by Crippen LogP contribution is -2.40. The Morgan fingerprint density at radius 3 is 2.74 bits per heavy atom. The first kappa shape index (κ1) is 21.2. The zero-order valence-electron chi connectivity index (χ0n) is 17.7. The summed E-state index contributed by atoms with van der Waals surface area (Å²) in [6.07, 6.45) is 4.48. The van der Waals surface area contributed by atoms with Crippen LogP contribution in [0.15, 0.2) is 42.7 Å². The SMILES string of the molecule is Cc1cc(NC(=O)CN2CCC(C(O)c3nccn3C)CC2)n(-c2ccccc2F)n1. The fourth-order valence-corrected chi connectivity index (χ4v) is 4.08. The van der Waals surface area contributed by atoms with Crippen LogP contribution in [0.4, 0.5) is 10.2 Å². The van der Waals surface area contributed by atoms with Crippen molar-refractivity contribution >= 4 is 11.7 Å². The number of amides is 1. The number of nitrogens with one attached hydrogen (secondary N) is 1. The van der Waals surface area contributed by atoms with E-state index in [0.717, 1.165) is 12.8 Å². The first-order chi connectivity index (χ1) is 14.9. The molecule has 1 saturated heterocycles. The van der Waals surface area contributed by atoms with E-state index in [9.17, 15) is 14.3 Å². The lowest BCUT2D eigenvalue weighted by atomic mass is 9.90. The highest BCUT2D eigenvalue weighted by Crippen LogP contribution is 2.29. The number of aliphatic hydroxyl groups excluding tert-OH is 1. The number of hydrogen-bond donors (Lipinski definition) is 2. The molecule has 0 aliphatic carbocycles. The molecule has 1 aliphatic rings. The standard InChI is InChI=1S/C22H27FN6O2/c1-15-13-19(29(26-15)18-6-4-3-5-17(18)23)25-20(30)14-28-10-7-16(8-11-28)21(31)22-24-9-12-27(22)2/h3-6,9,12-13,16,21,31H,7-8,10-11,14H2,1-2H3,(H,25,30). The van der Waals surface area contributed by atoms with Gasteiger partial charge in [0.05, 0.1) is 12.2 Å². The minimum absolute atomic E-state index is 0.116. The molecule has 0 spiro atoms. The van der Waals surface area contributed by atoms with Crippen LogP contribution >= 0.6 is 0 Å². The molecule has 164 valence electrons. The molecule has 1 atom stereocenters. The molecule has 1 unspecified atom stereocenters. The number of likely N-dealkylation sites (tertiary alicyclic amines) is 1. The Labute approximate surface area is 180 Å². The average Bonchev–Trinajstić information content (AvgIpc) is 3.33. The zero-order valence-corrected chi connectivity index (χ0v) is 17.7. The normalized spacial score (nSPS) is 16.4. The molecule has 8 nitrogen and oxygen atoms in total. The molecule has 1 fully saturated rings. The Morgan fingerprint density at radius 2 is 2.06 bits per heavy atom. The number of aryl methyl sites for hydroxylation is 2. The number of benzene rings is 1. The average molecular weight is 426 g/mol. The van der Waals surface area contributed by atoms with Gasteiger partial charge in [0.25, 0.3) is 0 Å². The van der Waals surface area contributed by atoms with E-state index in [0.29, 0.717) is 30.4 Å². The van der Waals surface area contributed by atoms with Crippen LogP contribution in [0.3, 0.4) is 0 Å². The van der Waals surface area contributed by atoms with Gasteiger partial charge in [-0.3, -0.25) is 9.69 Å². The van der Waals surface area contributed by atoms with E-state index >= 15 is 0 Å². The highest BCUT2D eigenvalue weighted by atomic mass is 19.1. The Balaban J connectivity index is 1.35. The van der Waals surface area contributed by atoms with Crippen LogP contribution in [0.1, 0.15) is 30.5 Å². The predicted octanol–water partition coefficient (Wildman–Crippen LogP) is 2.44. The number of piperidine rings is 1. The summed E-state index contributed by atoms with van der Waals surface area (Å²) in [7, 11) is 1.87. The molecule has 0 bridgehead atoms. The molecule has 3 aromatic rings. The molecule has 2 aromatic heterocycles. The molecule has 3 heterocycles. The highest BCUT2D eigenvalue weighted by Gasteiger charge is 2.29. The van der Waals surface area contributed by atoms with Gasteiger partial charge in [-0.25, -0.2) is 14.1 Å². The predicted molar refractivity (Wildman–Crippen MR) is 114 cm³/mol. The number of aromatic nitrogens is 4. The van der Waals surface area contributed by atoms with Gasteiger partial charge in [-0.2, -0.15) is 5.10 Å². The number of rotatable bonds is 6. The molecule has 9 heteroatoms. The molecular formula is C22H27FN6O2. The van der Waals surface area contributed by atoms with Crippen molar-refractivity contribution in [2.75, 3.05) is 25.0 Å². The van der Waals surface area contributed by atoms with Crippen molar-refractivity contribution < 1.29 is 14.3 Å². The molecule has 1 aromatic carbocycles. The Kier molecular flexibility index (Phi) is 6.15. The van der Waals surface area contributed by atoms with Gasteiger partial charge >= 0.3 is 0 Å². The minimum atomic E-state index is -0.603. The second kappa shape index (κ2) is 8.99. The summed E-state index contributed by atoms with van der Waals surface area (Å²) in [6, 6.07) is 8.04. The summed E-state index contributed by atoms with van der Waals surface area (Å²) in [4.78, 5) is 19.0. The highest BCUT2D eigenvalue weighted by molar-refractivity contribution is 5.91. The summed E-state index contributed by atoms with van der Waals surface area (Å²) in [6.45, 7) is 3.45. The van der Waals surface area contributed by atoms with E-state index in [-0.39, 0.29) is 24.1 Å². The maximum absolute atomic E-state index is 14.2. The molecular weight excluding hydrogens is 399 g/mol. The number of carbonyl (C=O) groups excluding carboxylic acids is 1. The Morgan fingerprint density at radius 1 is 1.32 bits per heavy atom. The molecule has 2 N–H and O–H groups in total. The summed E-state index contributed by atoms with van der Waals surface area (Å²) >= 11 is 0. The van der Waals surface area contributed by atoms with Crippen molar-refractivity contribution in [3.8, 4) is 5.69 Å². The number of anilines is 1. The number of para-hydroxylation sites is 1. The maximum Gasteiger partial charge on any atom is 0.239 e. The number of hydrogen-bond acceptors (Lipinski definition) is 5. The second-order valence-corrected chi connectivity index (χ2v) is 8.04. The molecule has 1 aliphatic heterocycles. The molecule has 4 rings (SSSR count). The van der Waals surface area contributed by atoms with Crippen molar-refractivity contribution in [3.05, 3.63) is 60.1 Å². The van der Waals surface area contributed by atoms with E-state index in [1.807, 2.05) is 17.8 Å². The van der Waals surface area contributed by atoms with Crippen molar-refractivity contribution in [2.45, 2.75) is 25.9 Å². The van der Waals surface area contributed by atoms with Crippen molar-refractivity contribution in [1.82, 2.24) is 24.2 Å². The van der Waals surface area contributed by atoms with Crippen LogP contribution in [0, 0.1) is 18.7 Å². The van der Waals surface area contributed by atoms with Crippen LogP contribution < -0.4 is 5.32 Å².